The van der Waals surface area contributed by atoms with Crippen LogP contribution in [-0.4, -0.2) is 10.8 Å². The van der Waals surface area contributed by atoms with Gasteiger partial charge in [-0.1, -0.05) is 29.3 Å². The van der Waals surface area contributed by atoms with Gasteiger partial charge in [-0.25, -0.2) is 0 Å². The normalized spacial score (nSPS) is 10.4. The molecule has 0 bridgehead atoms. The zero-order valence-corrected chi connectivity index (χ0v) is 12.3. The molecule has 1 heterocycles. The van der Waals surface area contributed by atoms with Crippen molar-refractivity contribution in [2.75, 3.05) is 0 Å². The van der Waals surface area contributed by atoms with Crippen LogP contribution in [0.2, 0.25) is 10.0 Å². The van der Waals surface area contributed by atoms with Gasteiger partial charge in [0.2, 0.25) is 0 Å². The van der Waals surface area contributed by atoms with Crippen molar-refractivity contribution in [2.45, 2.75) is 6.42 Å². The molecule has 0 aliphatic carbocycles. The zero-order valence-electron chi connectivity index (χ0n) is 9.16. The van der Waals surface area contributed by atoms with Gasteiger partial charge in [-0.15, -0.1) is 0 Å². The van der Waals surface area contributed by atoms with Crippen LogP contribution in [0.15, 0.2) is 41.0 Å². The van der Waals surface area contributed by atoms with Crippen molar-refractivity contribution >= 4 is 44.9 Å². The Morgan fingerprint density at radius 2 is 1.83 bits per heavy atom. The van der Waals surface area contributed by atoms with Gasteiger partial charge in [-0.05, 0) is 45.8 Å². The lowest BCUT2D eigenvalue weighted by Gasteiger charge is -2.06. The summed E-state index contributed by atoms with van der Waals surface area (Å²) in [4.78, 5) is 16.2. The van der Waals surface area contributed by atoms with E-state index < -0.39 is 0 Å². The van der Waals surface area contributed by atoms with E-state index in [0.29, 0.717) is 25.8 Å². The van der Waals surface area contributed by atoms with Crippen molar-refractivity contribution in [3.8, 4) is 0 Å². The standard InChI is InChI=1S/C13H8BrCl2NO/c14-9-3-2-6-17-13(9)12(18)7-8-10(15)4-1-5-11(8)16/h1-6H,7H2. The van der Waals surface area contributed by atoms with Crippen LogP contribution in [0, 0.1) is 0 Å². The van der Waals surface area contributed by atoms with Gasteiger partial charge < -0.3 is 0 Å². The lowest BCUT2D eigenvalue weighted by atomic mass is 10.1. The largest absolute Gasteiger partial charge is 0.292 e. The predicted octanol–water partition coefficient (Wildman–Crippen LogP) is 4.58. The summed E-state index contributed by atoms with van der Waals surface area (Å²) in [6.07, 6.45) is 1.71. The van der Waals surface area contributed by atoms with Crippen LogP contribution in [0.5, 0.6) is 0 Å². The van der Waals surface area contributed by atoms with E-state index in [1.807, 2.05) is 0 Å². The first-order chi connectivity index (χ1) is 8.59. The summed E-state index contributed by atoms with van der Waals surface area (Å²) < 4.78 is 0.665. The quantitative estimate of drug-likeness (QED) is 0.763. The molecule has 0 aliphatic heterocycles. The molecule has 18 heavy (non-hydrogen) atoms. The molecule has 0 amide bonds. The van der Waals surface area contributed by atoms with Crippen LogP contribution < -0.4 is 0 Å². The van der Waals surface area contributed by atoms with Gasteiger partial charge in [0.25, 0.3) is 0 Å². The van der Waals surface area contributed by atoms with Gasteiger partial charge in [0, 0.05) is 27.1 Å². The highest BCUT2D eigenvalue weighted by Crippen LogP contribution is 2.26. The molecule has 0 N–H and O–H groups in total. The van der Waals surface area contributed by atoms with E-state index in [4.69, 9.17) is 23.2 Å². The Morgan fingerprint density at radius 1 is 1.17 bits per heavy atom. The molecule has 0 saturated heterocycles. The molecular weight excluding hydrogens is 337 g/mol. The number of ketones is 1. The summed E-state index contributed by atoms with van der Waals surface area (Å²) in [6, 6.07) is 8.69. The molecule has 0 spiro atoms. The molecule has 0 fully saturated rings. The number of benzene rings is 1. The summed E-state index contributed by atoms with van der Waals surface area (Å²) in [5.74, 6) is -0.127. The average Bonchev–Trinajstić information content (AvgIpc) is 2.34. The molecule has 0 atom stereocenters. The molecule has 5 heteroatoms. The number of Topliss-reactive ketones (excluding diaryl/α,β-unsaturated/α-hetero) is 1. The lowest BCUT2D eigenvalue weighted by molar-refractivity contribution is 0.0987. The van der Waals surface area contributed by atoms with Gasteiger partial charge in [0.05, 0.1) is 0 Å². The molecule has 1 aromatic carbocycles. The van der Waals surface area contributed by atoms with Crippen molar-refractivity contribution in [1.82, 2.24) is 4.98 Å². The molecule has 0 radical (unpaired) electrons. The van der Waals surface area contributed by atoms with E-state index in [9.17, 15) is 4.79 Å². The second-order valence-corrected chi connectivity index (χ2v) is 5.30. The van der Waals surface area contributed by atoms with Gasteiger partial charge in [-0.2, -0.15) is 0 Å². The molecule has 2 nitrogen and oxygen atoms in total. The monoisotopic (exact) mass is 343 g/mol. The van der Waals surface area contributed by atoms with Crippen molar-refractivity contribution < 1.29 is 4.79 Å². The number of carbonyl (C=O) groups is 1. The fourth-order valence-electron chi connectivity index (χ4n) is 1.54. The minimum Gasteiger partial charge on any atom is -0.292 e. The first kappa shape index (κ1) is 13.5. The van der Waals surface area contributed by atoms with Gasteiger partial charge in [0.1, 0.15) is 5.69 Å². The maximum absolute atomic E-state index is 12.1. The highest BCUT2D eigenvalue weighted by molar-refractivity contribution is 9.10. The SMILES string of the molecule is O=C(Cc1c(Cl)cccc1Cl)c1ncccc1Br. The molecule has 2 rings (SSSR count). The Kier molecular flexibility index (Phi) is 4.38. The van der Waals surface area contributed by atoms with Crippen LogP contribution in [0.25, 0.3) is 0 Å². The Balaban J connectivity index is 2.30. The van der Waals surface area contributed by atoms with Crippen LogP contribution >= 0.6 is 39.1 Å². The number of hydrogen-bond acceptors (Lipinski definition) is 2. The summed E-state index contributed by atoms with van der Waals surface area (Å²) >= 11 is 15.4. The Morgan fingerprint density at radius 3 is 2.44 bits per heavy atom. The van der Waals surface area contributed by atoms with Gasteiger partial charge >= 0.3 is 0 Å². The Labute approximate surface area is 123 Å². The van der Waals surface area contributed by atoms with E-state index >= 15 is 0 Å². The first-order valence-electron chi connectivity index (χ1n) is 5.16. The number of halogens is 3. The van der Waals surface area contributed by atoms with E-state index in [-0.39, 0.29) is 12.2 Å². The maximum Gasteiger partial charge on any atom is 0.186 e. The van der Waals surface area contributed by atoms with Gasteiger partial charge in [0.15, 0.2) is 5.78 Å². The molecule has 2 aromatic rings. The average molecular weight is 345 g/mol. The maximum atomic E-state index is 12.1. The third-order valence-electron chi connectivity index (χ3n) is 2.42. The third kappa shape index (κ3) is 2.91. The Bertz CT molecular complexity index is 581. The van der Waals surface area contributed by atoms with E-state index in [1.54, 1.807) is 36.5 Å². The van der Waals surface area contributed by atoms with E-state index in [1.165, 1.54) is 0 Å². The highest BCUT2D eigenvalue weighted by Gasteiger charge is 2.15. The molecule has 0 saturated carbocycles. The van der Waals surface area contributed by atoms with E-state index in [0.717, 1.165) is 0 Å². The minimum atomic E-state index is -0.127. The number of carbonyl (C=O) groups excluding carboxylic acids is 1. The summed E-state index contributed by atoms with van der Waals surface area (Å²) in [7, 11) is 0. The molecule has 0 unspecified atom stereocenters. The van der Waals surface area contributed by atoms with Crippen molar-refractivity contribution in [1.29, 1.82) is 0 Å². The van der Waals surface area contributed by atoms with Crippen LogP contribution in [-0.2, 0) is 6.42 Å². The summed E-state index contributed by atoms with van der Waals surface area (Å²) in [5.41, 5.74) is 1.01. The topological polar surface area (TPSA) is 30.0 Å². The molecule has 0 aliphatic rings. The Hall–Kier alpha value is -0.900. The molecule has 1 aromatic heterocycles. The molecule has 92 valence electrons. The van der Waals surface area contributed by atoms with Gasteiger partial charge in [-0.3, -0.25) is 9.78 Å². The van der Waals surface area contributed by atoms with E-state index in [2.05, 4.69) is 20.9 Å². The number of nitrogens with zero attached hydrogens (tertiary/aromatic N) is 1. The predicted molar refractivity (Wildman–Crippen MR) is 76.4 cm³/mol. The molecular formula is C13H8BrCl2NO. The van der Waals surface area contributed by atoms with Crippen LogP contribution in [0.3, 0.4) is 0 Å². The summed E-state index contributed by atoms with van der Waals surface area (Å²) in [6.45, 7) is 0. The summed E-state index contributed by atoms with van der Waals surface area (Å²) in [5, 5.41) is 0.978. The zero-order chi connectivity index (χ0) is 13.1. The smallest absolute Gasteiger partial charge is 0.186 e. The van der Waals surface area contributed by atoms with Crippen LogP contribution in [0.1, 0.15) is 16.1 Å². The van der Waals surface area contributed by atoms with Crippen molar-refractivity contribution in [2.24, 2.45) is 0 Å². The number of hydrogen-bond donors (Lipinski definition) is 0. The number of aromatic nitrogens is 1. The number of rotatable bonds is 3. The van der Waals surface area contributed by atoms with Crippen molar-refractivity contribution in [3.63, 3.8) is 0 Å². The minimum absolute atomic E-state index is 0.127. The number of pyridine rings is 1. The fourth-order valence-corrected chi connectivity index (χ4v) is 2.54. The third-order valence-corrected chi connectivity index (χ3v) is 3.77. The highest BCUT2D eigenvalue weighted by atomic mass is 79.9. The second kappa shape index (κ2) is 5.83. The van der Waals surface area contributed by atoms with Crippen molar-refractivity contribution in [3.05, 3.63) is 62.3 Å². The first-order valence-corrected chi connectivity index (χ1v) is 6.71. The second-order valence-electron chi connectivity index (χ2n) is 3.63. The fraction of sp³-hybridized carbons (Fsp3) is 0.0769. The van der Waals surface area contributed by atoms with Crippen LogP contribution in [0.4, 0.5) is 0 Å². The lowest BCUT2D eigenvalue weighted by Crippen LogP contribution is -2.07.